The second-order valence-corrected chi connectivity index (χ2v) is 9.86. The highest BCUT2D eigenvalue weighted by Gasteiger charge is 2.33. The third-order valence-corrected chi connectivity index (χ3v) is 6.89. The summed E-state index contributed by atoms with van der Waals surface area (Å²) in [6.45, 7) is 2.16. The molecule has 0 spiro atoms. The minimum atomic E-state index is -4.58. The van der Waals surface area contributed by atoms with E-state index in [-0.39, 0.29) is 33.9 Å². The van der Waals surface area contributed by atoms with Crippen molar-refractivity contribution in [2.24, 2.45) is 0 Å². The Balaban J connectivity index is 1.39. The molecule has 1 saturated heterocycles. The average Bonchev–Trinajstić information content (AvgIpc) is 3.40. The highest BCUT2D eigenvalue weighted by atomic mass is 35.5. The lowest BCUT2D eigenvalue weighted by Gasteiger charge is -2.23. The number of aromatic nitrogens is 2. The van der Waals surface area contributed by atoms with Crippen LogP contribution in [-0.2, 0) is 6.18 Å². The molecule has 2 aromatic carbocycles. The molecule has 0 aliphatic carbocycles. The minimum Gasteiger partial charge on any atom is -0.483 e. The summed E-state index contributed by atoms with van der Waals surface area (Å²) in [6, 6.07) is 8.12. The van der Waals surface area contributed by atoms with E-state index < -0.39 is 17.6 Å². The molecule has 2 aliphatic rings. The highest BCUT2D eigenvalue weighted by Crippen LogP contribution is 2.39. The summed E-state index contributed by atoms with van der Waals surface area (Å²) in [4.78, 5) is 25.3. The monoisotopic (exact) mass is 562 g/mol. The number of halogens is 4. The number of ether oxygens (including phenoxy) is 2. The maximum absolute atomic E-state index is 13.7. The van der Waals surface area contributed by atoms with E-state index >= 15 is 0 Å². The Morgan fingerprint density at radius 3 is 2.79 bits per heavy atom. The molecule has 206 valence electrons. The Bertz CT molecular complexity index is 1390. The van der Waals surface area contributed by atoms with E-state index in [1.165, 1.54) is 24.5 Å². The number of rotatable bonds is 6. The van der Waals surface area contributed by atoms with Gasteiger partial charge in [-0.3, -0.25) is 4.79 Å². The zero-order valence-corrected chi connectivity index (χ0v) is 21.9. The van der Waals surface area contributed by atoms with Gasteiger partial charge in [0.15, 0.2) is 5.82 Å². The first-order valence-electron chi connectivity index (χ1n) is 12.2. The summed E-state index contributed by atoms with van der Waals surface area (Å²) >= 11 is 6.30. The van der Waals surface area contributed by atoms with Gasteiger partial charge in [-0.2, -0.15) is 18.2 Å². The molecular weight excluding hydrogens is 537 g/mol. The molecule has 0 unspecified atom stereocenters. The second-order valence-electron chi connectivity index (χ2n) is 9.45. The van der Waals surface area contributed by atoms with Gasteiger partial charge in [0.25, 0.3) is 11.8 Å². The lowest BCUT2D eigenvalue weighted by atomic mass is 10.1. The normalized spacial score (nSPS) is 16.9. The maximum atomic E-state index is 13.7. The number of hydrogen-bond acceptors (Lipinski definition) is 8. The van der Waals surface area contributed by atoms with Gasteiger partial charge in [0, 0.05) is 36.1 Å². The average molecular weight is 563 g/mol. The third kappa shape index (κ3) is 5.96. The number of nitrogens with one attached hydrogen (secondary N) is 2. The van der Waals surface area contributed by atoms with Crippen molar-refractivity contribution in [3.05, 3.63) is 58.9 Å². The Morgan fingerprint density at radius 2 is 2.05 bits per heavy atom. The molecule has 1 fully saturated rings. The molecule has 0 bridgehead atoms. The van der Waals surface area contributed by atoms with Gasteiger partial charge in [0.2, 0.25) is 5.75 Å². The highest BCUT2D eigenvalue weighted by molar-refractivity contribution is 6.32. The maximum Gasteiger partial charge on any atom is 0.416 e. The van der Waals surface area contributed by atoms with Gasteiger partial charge in [-0.25, -0.2) is 4.98 Å². The molecule has 2 N–H and O–H groups in total. The number of benzene rings is 2. The smallest absolute Gasteiger partial charge is 0.416 e. The van der Waals surface area contributed by atoms with Gasteiger partial charge in [-0.15, -0.1) is 0 Å². The van der Waals surface area contributed by atoms with Gasteiger partial charge >= 0.3 is 6.18 Å². The third-order valence-electron chi connectivity index (χ3n) is 6.57. The molecule has 3 heterocycles. The van der Waals surface area contributed by atoms with Crippen LogP contribution in [0.4, 0.5) is 30.4 Å². The standard InChI is InChI=1S/C26H26ClF3N6O3/c1-35(2)18-5-7-36(13-18)19-11-16(26(28,29)30)10-17(12-19)34-24(37)15-3-4-20(27)21(9-15)39-25-22-23(32-14-33-25)31-6-8-38-22/h3-4,9-12,14,18H,5-8,13H2,1-2H3,(H,34,37)(H,31,32,33)/t18-/m0/s1. The van der Waals surface area contributed by atoms with Crippen molar-refractivity contribution in [2.75, 3.05) is 55.9 Å². The van der Waals surface area contributed by atoms with Gasteiger partial charge in [0.05, 0.1) is 17.1 Å². The predicted molar refractivity (Wildman–Crippen MR) is 141 cm³/mol. The predicted octanol–water partition coefficient (Wildman–Crippen LogP) is 5.14. The second kappa shape index (κ2) is 10.8. The molecule has 1 aromatic heterocycles. The van der Waals surface area contributed by atoms with Crippen LogP contribution in [0.3, 0.4) is 0 Å². The number of nitrogens with zero attached hydrogens (tertiary/aromatic N) is 4. The van der Waals surface area contributed by atoms with E-state index in [9.17, 15) is 18.0 Å². The number of fused-ring (bicyclic) bond motifs is 1. The number of carbonyl (C=O) groups excluding carboxylic acids is 1. The number of alkyl halides is 3. The number of amides is 1. The minimum absolute atomic E-state index is 0.0277. The summed E-state index contributed by atoms with van der Waals surface area (Å²) in [6.07, 6.45) is -2.45. The van der Waals surface area contributed by atoms with Gasteiger partial charge in [-0.05, 0) is 56.9 Å². The van der Waals surface area contributed by atoms with E-state index in [2.05, 4.69) is 25.5 Å². The summed E-state index contributed by atoms with van der Waals surface area (Å²) in [5, 5.41) is 5.87. The molecule has 2 aliphatic heterocycles. The lowest BCUT2D eigenvalue weighted by molar-refractivity contribution is -0.137. The van der Waals surface area contributed by atoms with Crippen molar-refractivity contribution >= 4 is 34.7 Å². The fourth-order valence-corrected chi connectivity index (χ4v) is 4.62. The summed E-state index contributed by atoms with van der Waals surface area (Å²) in [5.74, 6) is 0.375. The van der Waals surface area contributed by atoms with E-state index in [1.54, 1.807) is 6.07 Å². The molecular formula is C26H26ClF3N6O3. The van der Waals surface area contributed by atoms with Gasteiger partial charge in [-0.1, -0.05) is 11.6 Å². The number of hydrogen-bond donors (Lipinski definition) is 2. The molecule has 0 radical (unpaired) electrons. The quantitative estimate of drug-likeness (QED) is 0.427. The van der Waals surface area contributed by atoms with Crippen LogP contribution in [0.5, 0.6) is 17.4 Å². The van der Waals surface area contributed by atoms with Crippen LogP contribution in [0, 0.1) is 0 Å². The van der Waals surface area contributed by atoms with Crippen molar-refractivity contribution in [3.8, 4) is 17.4 Å². The van der Waals surface area contributed by atoms with Crippen LogP contribution in [-0.4, -0.2) is 67.2 Å². The molecule has 5 rings (SSSR count). The Kier molecular flexibility index (Phi) is 7.41. The van der Waals surface area contributed by atoms with Crippen LogP contribution >= 0.6 is 11.6 Å². The summed E-state index contributed by atoms with van der Waals surface area (Å²) < 4.78 is 52.6. The van der Waals surface area contributed by atoms with E-state index in [0.29, 0.717) is 43.5 Å². The zero-order valence-electron chi connectivity index (χ0n) is 21.2. The summed E-state index contributed by atoms with van der Waals surface area (Å²) in [5.41, 5.74) is -0.290. The number of anilines is 3. The van der Waals surface area contributed by atoms with Crippen molar-refractivity contribution in [2.45, 2.75) is 18.6 Å². The first kappa shape index (κ1) is 26.8. The topological polar surface area (TPSA) is 91.9 Å². The number of likely N-dealkylation sites (N-methyl/N-ethyl adjacent to an activating group) is 1. The first-order valence-corrected chi connectivity index (χ1v) is 12.6. The van der Waals surface area contributed by atoms with E-state index in [4.69, 9.17) is 21.1 Å². The van der Waals surface area contributed by atoms with Crippen LogP contribution in [0.15, 0.2) is 42.7 Å². The molecule has 0 saturated carbocycles. The fraction of sp³-hybridized carbons (Fsp3) is 0.346. The molecule has 39 heavy (non-hydrogen) atoms. The van der Waals surface area contributed by atoms with Crippen molar-refractivity contribution in [1.82, 2.24) is 14.9 Å². The van der Waals surface area contributed by atoms with Crippen LogP contribution in [0.25, 0.3) is 0 Å². The van der Waals surface area contributed by atoms with Crippen LogP contribution < -0.4 is 25.0 Å². The van der Waals surface area contributed by atoms with Gasteiger partial charge < -0.3 is 29.9 Å². The SMILES string of the molecule is CN(C)[C@H]1CCN(c2cc(NC(=O)c3ccc(Cl)c(Oc4ncnc5c4OCCN5)c3)cc(C(F)(F)F)c2)C1. The van der Waals surface area contributed by atoms with E-state index in [0.717, 1.165) is 18.6 Å². The van der Waals surface area contributed by atoms with Gasteiger partial charge in [0.1, 0.15) is 18.7 Å². The van der Waals surface area contributed by atoms with Crippen LogP contribution in [0.1, 0.15) is 22.3 Å². The molecule has 1 amide bonds. The van der Waals surface area contributed by atoms with Crippen molar-refractivity contribution < 1.29 is 27.4 Å². The van der Waals surface area contributed by atoms with Crippen molar-refractivity contribution in [3.63, 3.8) is 0 Å². The molecule has 9 nitrogen and oxygen atoms in total. The molecule has 13 heteroatoms. The van der Waals surface area contributed by atoms with Crippen LogP contribution in [0.2, 0.25) is 5.02 Å². The Morgan fingerprint density at radius 1 is 1.23 bits per heavy atom. The zero-order chi connectivity index (χ0) is 27.7. The fourth-order valence-electron chi connectivity index (χ4n) is 4.47. The molecule has 1 atom stereocenters. The number of carbonyl (C=O) groups is 1. The van der Waals surface area contributed by atoms with E-state index in [1.807, 2.05) is 19.0 Å². The summed E-state index contributed by atoms with van der Waals surface area (Å²) in [7, 11) is 3.89. The Hall–Kier alpha value is -3.77. The lowest BCUT2D eigenvalue weighted by Crippen LogP contribution is -2.31. The Labute approximate surface area is 227 Å². The first-order chi connectivity index (χ1) is 18.6. The largest absolute Gasteiger partial charge is 0.483 e. The van der Waals surface area contributed by atoms with Crippen molar-refractivity contribution in [1.29, 1.82) is 0 Å². The molecule has 3 aromatic rings.